The van der Waals surface area contributed by atoms with Gasteiger partial charge < -0.3 is 91.2 Å². The smallest absolute Gasteiger partial charge is 0.223 e. The molecule has 0 radical (unpaired) electrons. The first-order chi connectivity index (χ1) is 63.2. The van der Waals surface area contributed by atoms with Crippen molar-refractivity contribution in [2.45, 2.75) is 479 Å². The lowest BCUT2D eigenvalue weighted by molar-refractivity contribution is -0.137. The molecule has 3 aromatic carbocycles. The fraction of sp³-hybridized carbons (Fsp3) is 0.817. The Labute approximate surface area is 863 Å². The highest BCUT2D eigenvalue weighted by molar-refractivity contribution is 6.63. The molecule has 2 amide bonds. The number of phenols is 3. The quantitative estimate of drug-likeness (QED) is 0.0145. The van der Waals surface area contributed by atoms with Gasteiger partial charge in [-0.05, 0) is 306 Å². The zero-order valence-electron chi connectivity index (χ0n) is 95.2. The van der Waals surface area contributed by atoms with Gasteiger partial charge >= 0.3 is 0 Å². The highest BCUT2D eigenvalue weighted by Crippen LogP contribution is 2.47. The van der Waals surface area contributed by atoms with Crippen molar-refractivity contribution < 1.29 is 58.1 Å². The van der Waals surface area contributed by atoms with E-state index in [1.165, 1.54) is 19.3 Å². The molecule has 0 atom stereocenters. The lowest BCUT2D eigenvalue weighted by Crippen LogP contribution is -2.63. The molecule has 0 aromatic heterocycles. The molecule has 0 bridgehead atoms. The number of nitrogens with zero attached hydrogens (tertiary/aromatic N) is 2. The van der Waals surface area contributed by atoms with Gasteiger partial charge in [0, 0.05) is 132 Å². The van der Waals surface area contributed by atoms with E-state index < -0.39 is 0 Å². The molecule has 5 fully saturated rings. The normalized spacial score (nSPS) is 19.8. The van der Waals surface area contributed by atoms with Gasteiger partial charge in [-0.1, -0.05) is 189 Å². The Kier molecular flexibility index (Phi) is 48.8. The number of benzene rings is 3. The summed E-state index contributed by atoms with van der Waals surface area (Å²) in [4.78, 5) is 43.9. The van der Waals surface area contributed by atoms with Crippen LogP contribution in [0, 0.1) is 10.8 Å². The molecule has 4 aliphatic heterocycles. The Bertz CT molecular complexity index is 3840. The topological polar surface area (TPSA) is 272 Å². The summed E-state index contributed by atoms with van der Waals surface area (Å²) in [7, 11) is 0. The largest absolute Gasteiger partial charge is 0.507 e. The number of carbonyl (C=O) groups is 3. The first kappa shape index (κ1) is 127. The van der Waals surface area contributed by atoms with E-state index >= 15 is 0 Å². The van der Waals surface area contributed by atoms with Crippen LogP contribution in [0.3, 0.4) is 0 Å². The number of hydrogen-bond acceptors (Lipinski definition) is 19. The van der Waals surface area contributed by atoms with E-state index in [-0.39, 0.29) is 106 Å². The number of rotatable bonds is 38. The van der Waals surface area contributed by atoms with Crippen LogP contribution in [0.5, 0.6) is 17.2 Å². The Morgan fingerprint density at radius 2 is 0.561 bits per heavy atom. The summed E-state index contributed by atoms with van der Waals surface area (Å²) in [5.74, 6) is 2.39. The van der Waals surface area contributed by atoms with Crippen molar-refractivity contribution in [3.63, 3.8) is 0 Å². The van der Waals surface area contributed by atoms with E-state index in [4.69, 9.17) is 69.0 Å². The van der Waals surface area contributed by atoms with Crippen LogP contribution in [-0.4, -0.2) is 234 Å². The average Bonchev–Trinajstić information content (AvgIpc) is 0.797. The van der Waals surface area contributed by atoms with Crippen molar-refractivity contribution in [1.29, 1.82) is 0 Å². The molecule has 5 aliphatic rings. The minimum atomic E-state index is -0.326. The number of carbonyl (C=O) groups excluding carboxylic acids is 3. The van der Waals surface area contributed by atoms with E-state index in [0.717, 1.165) is 128 Å². The predicted molar refractivity (Wildman–Crippen MR) is 585 cm³/mol. The molecule has 4 saturated heterocycles. The van der Waals surface area contributed by atoms with Crippen LogP contribution in [0.2, 0.25) is 0 Å². The van der Waals surface area contributed by atoms with Gasteiger partial charge in [-0.25, -0.2) is 0 Å². The fourth-order valence-corrected chi connectivity index (χ4v) is 23.2. The Balaban J connectivity index is 0.000000457. The van der Waals surface area contributed by atoms with E-state index in [9.17, 15) is 29.7 Å². The summed E-state index contributed by atoms with van der Waals surface area (Å²) in [5.41, 5.74) is 14.5. The van der Waals surface area contributed by atoms with Crippen molar-refractivity contribution in [1.82, 2.24) is 41.7 Å². The predicted octanol–water partition coefficient (Wildman–Crippen LogP) is 22.7. The number of aromatic hydroxyl groups is 3. The van der Waals surface area contributed by atoms with Gasteiger partial charge in [-0.3, -0.25) is 14.4 Å². The second kappa shape index (κ2) is 53.3. The molecule has 0 unspecified atom stereocenters. The van der Waals surface area contributed by atoms with Crippen molar-refractivity contribution in [2.24, 2.45) is 16.6 Å². The number of phenolic OH excluding ortho intramolecular Hbond substituents is 3. The molecular weight excluding hydrogens is 1810 g/mol. The van der Waals surface area contributed by atoms with Gasteiger partial charge in [0.2, 0.25) is 17.1 Å². The molecule has 804 valence electrons. The molecule has 1 saturated carbocycles. The Morgan fingerprint density at radius 3 is 0.777 bits per heavy atom. The zero-order valence-corrected chi connectivity index (χ0v) is 97.5. The maximum Gasteiger partial charge on any atom is 0.223 e. The van der Waals surface area contributed by atoms with Gasteiger partial charge in [-0.15, -0.1) is 23.2 Å². The minimum Gasteiger partial charge on any atom is -0.507 e. The molecule has 0 spiro atoms. The summed E-state index contributed by atoms with van der Waals surface area (Å²) in [5, 5.41) is 55.3. The Hall–Kier alpha value is -3.98. The van der Waals surface area contributed by atoms with Crippen molar-refractivity contribution in [2.75, 3.05) is 117 Å². The summed E-state index contributed by atoms with van der Waals surface area (Å²) < 4.78 is 34.0. The molecule has 11 N–H and O–H groups in total. The standard InChI is InChI=1S/C58H98N4O6.C24H50N4O2.C17H25ClO2.C10H21N.C6H12Cl2O2/c1-51(2,3)43-31-39(32-44(49(43)65)52(4,5)6)21-23-47(63)61(41-35-55(13,14)59-56(15,16)36-41)25-27-67-29-30-68-28-26-62(42-37-57(17,18)60-58(19,20)38-42)48(64)24-22-40-33-45(53(7,8)9)50(66)46(34-40)54(10,11)12;1-21(2)15-19(16-22(3,4)27-21)25-9-11-29-13-14-30-12-10-26-20-17-23(5,6)28-24(7,8)18-20;1-16(2,3)12-9-11(7-8-14(18)19)10-13(15(12)20)17(4,5)6;1-9(2)5-8(11)6-10(3,4)7-9;7-1-3-9-5-6-10-4-2-8/h31-34,41-42,59-60,65-66H,21-30,35-38H2,1-20H3;19-20,25-28H,9-18H2,1-8H3;9-10,20H,7-8H2,1-6H3;8H,5-7,11H2,1-4H3;1-6H2. The number of nitrogens with one attached hydrogen (secondary N) is 6. The summed E-state index contributed by atoms with van der Waals surface area (Å²) in [6.45, 7) is 92.8. The van der Waals surface area contributed by atoms with E-state index in [1.54, 1.807) is 0 Å². The molecule has 1 aliphatic carbocycles. The van der Waals surface area contributed by atoms with Gasteiger partial charge in [0.1, 0.15) is 17.2 Å². The van der Waals surface area contributed by atoms with Crippen molar-refractivity contribution in [3.05, 3.63) is 86.5 Å². The monoisotopic (exact) mass is 2010 g/mol. The Morgan fingerprint density at radius 1 is 0.345 bits per heavy atom. The molecule has 4 heterocycles. The number of ether oxygens (including phenoxy) is 6. The van der Waals surface area contributed by atoms with Crippen LogP contribution in [0.25, 0.3) is 0 Å². The van der Waals surface area contributed by atoms with E-state index in [2.05, 4.69) is 329 Å². The lowest BCUT2D eigenvalue weighted by atomic mass is 9.64. The van der Waals surface area contributed by atoms with Crippen LogP contribution in [0.15, 0.2) is 36.4 Å². The number of aryl methyl sites for hydroxylation is 3. The minimum absolute atomic E-state index is 0.0623. The van der Waals surface area contributed by atoms with Crippen LogP contribution in [0.4, 0.5) is 0 Å². The van der Waals surface area contributed by atoms with E-state index in [1.807, 2.05) is 12.1 Å². The highest BCUT2D eigenvalue weighted by atomic mass is 35.5. The number of piperidine rings is 4. The first-order valence-electron chi connectivity index (χ1n) is 52.6. The maximum atomic E-state index is 14.4. The third kappa shape index (κ3) is 47.4. The summed E-state index contributed by atoms with van der Waals surface area (Å²) in [6, 6.07) is 14.0. The molecule has 24 heteroatoms. The maximum absolute atomic E-state index is 14.4. The average molecular weight is 2010 g/mol. The fourth-order valence-electron chi connectivity index (χ4n) is 22.9. The van der Waals surface area contributed by atoms with Crippen molar-refractivity contribution >= 4 is 51.9 Å². The van der Waals surface area contributed by atoms with E-state index in [0.29, 0.717) is 176 Å². The second-order valence-electron chi connectivity index (χ2n) is 54.2. The number of halogens is 3. The highest BCUT2D eigenvalue weighted by Gasteiger charge is 2.46. The number of nitrogens with two attached hydrogens (primary N) is 1. The molecule has 8 rings (SSSR count). The number of amides is 2. The second-order valence-corrected chi connectivity index (χ2v) is 55.4. The number of alkyl halides is 2. The summed E-state index contributed by atoms with van der Waals surface area (Å²) >= 11 is 16.1. The van der Waals surface area contributed by atoms with Crippen LogP contribution < -0.4 is 37.6 Å². The van der Waals surface area contributed by atoms with Crippen LogP contribution in [-0.2, 0) is 94.6 Å². The SMILES string of the molecule is CC(C)(C)c1cc(CCC(=O)Cl)cc(C(C)(C)C)c1O.CC1(C)CC(N(CCOCCOCCN(C(=O)CCc2cc(C(C)(C)C)c(O)c(C(C)(C)C)c2)C2CC(C)(C)NC(C)(C)C2)C(=O)CCc2cc(C(C)(C)C)c(O)c(C(C)(C)C)c2)CC(C)(C)N1.CC1(C)CC(N)CC(C)(C)C1.CC1(C)CC(NCCOCCOCCNC2CC(C)(C)NC(C)(C)C2)CC(C)(C)N1.ClCCOCCOCCCl. The van der Waals surface area contributed by atoms with Gasteiger partial charge in [-0.2, -0.15) is 0 Å². The molecule has 21 nitrogen and oxygen atoms in total. The van der Waals surface area contributed by atoms with Crippen LogP contribution >= 0.6 is 34.8 Å². The van der Waals surface area contributed by atoms with Gasteiger partial charge in [0.15, 0.2) is 0 Å². The van der Waals surface area contributed by atoms with Gasteiger partial charge in [0.25, 0.3) is 0 Å². The lowest BCUT2D eigenvalue weighted by Gasteiger charge is -2.49. The third-order valence-electron chi connectivity index (χ3n) is 26.9. The molecule has 139 heavy (non-hydrogen) atoms. The molecular formula is C115H206Cl3N9O12. The first-order valence-corrected chi connectivity index (χ1v) is 54.0. The third-order valence-corrected chi connectivity index (χ3v) is 27.4. The van der Waals surface area contributed by atoms with Crippen LogP contribution in [0.1, 0.15) is 403 Å². The zero-order chi connectivity index (χ0) is 106. The van der Waals surface area contributed by atoms with Crippen molar-refractivity contribution in [3.8, 4) is 17.2 Å². The molecule has 3 aromatic rings. The van der Waals surface area contributed by atoms with Gasteiger partial charge in [0.05, 0.1) is 79.3 Å². The summed E-state index contributed by atoms with van der Waals surface area (Å²) in [6.07, 6.45) is 14.5. The number of hydrogen-bond donors (Lipinski definition) is 10.